The van der Waals surface area contributed by atoms with E-state index in [1.807, 2.05) is 0 Å². The van der Waals surface area contributed by atoms with E-state index in [2.05, 4.69) is 31.0 Å². The topological polar surface area (TPSA) is 15.3 Å². The average molecular weight is 196 g/mol. The molecule has 1 saturated heterocycles. The molecule has 2 nitrogen and oxygen atoms in total. The third-order valence-electron chi connectivity index (χ3n) is 3.86. The quantitative estimate of drug-likeness (QED) is 0.688. The molecule has 2 fully saturated rings. The monoisotopic (exact) mass is 196 g/mol. The van der Waals surface area contributed by atoms with Crippen molar-refractivity contribution in [3.8, 4) is 0 Å². The van der Waals surface area contributed by atoms with E-state index in [9.17, 15) is 0 Å². The van der Waals surface area contributed by atoms with Gasteiger partial charge in [0.25, 0.3) is 0 Å². The van der Waals surface area contributed by atoms with E-state index in [1.54, 1.807) is 0 Å². The van der Waals surface area contributed by atoms with E-state index >= 15 is 0 Å². The molecule has 2 heteroatoms. The Morgan fingerprint density at radius 3 is 2.71 bits per heavy atom. The number of nitrogens with zero attached hydrogens (tertiary/aromatic N) is 1. The molecule has 1 N–H and O–H groups in total. The highest BCUT2D eigenvalue weighted by Crippen LogP contribution is 2.39. The fourth-order valence-corrected chi connectivity index (χ4v) is 3.00. The van der Waals surface area contributed by atoms with Crippen molar-refractivity contribution in [2.45, 2.75) is 52.1 Å². The number of nitrogens with one attached hydrogen (secondary N) is 1. The van der Waals surface area contributed by atoms with E-state index in [-0.39, 0.29) is 0 Å². The van der Waals surface area contributed by atoms with Crippen LogP contribution in [-0.4, -0.2) is 36.6 Å². The van der Waals surface area contributed by atoms with E-state index in [0.717, 1.165) is 6.04 Å². The minimum absolute atomic E-state index is 0.596. The van der Waals surface area contributed by atoms with Gasteiger partial charge in [-0.2, -0.15) is 0 Å². The normalized spacial score (nSPS) is 38.8. The molecule has 0 aromatic heterocycles. The highest BCUT2D eigenvalue weighted by atomic mass is 15.2. The van der Waals surface area contributed by atoms with Crippen LogP contribution in [0.4, 0.5) is 0 Å². The van der Waals surface area contributed by atoms with Gasteiger partial charge in [-0.1, -0.05) is 13.8 Å². The van der Waals surface area contributed by atoms with E-state index in [1.165, 1.54) is 38.9 Å². The Kier molecular flexibility index (Phi) is 2.85. The van der Waals surface area contributed by atoms with Gasteiger partial charge in [-0.05, 0) is 31.6 Å². The zero-order valence-corrected chi connectivity index (χ0v) is 9.84. The van der Waals surface area contributed by atoms with E-state index in [0.29, 0.717) is 11.5 Å². The molecule has 1 unspecified atom stereocenters. The van der Waals surface area contributed by atoms with Gasteiger partial charge in [0.15, 0.2) is 0 Å². The van der Waals surface area contributed by atoms with Gasteiger partial charge in [0.2, 0.25) is 0 Å². The lowest BCUT2D eigenvalue weighted by molar-refractivity contribution is 0.142. The molecule has 0 aromatic carbocycles. The summed E-state index contributed by atoms with van der Waals surface area (Å²) in [6.45, 7) is 10.8. The maximum atomic E-state index is 3.51. The Labute approximate surface area is 88.1 Å². The molecule has 0 amide bonds. The van der Waals surface area contributed by atoms with Crippen LogP contribution in [0.15, 0.2) is 0 Å². The van der Waals surface area contributed by atoms with Gasteiger partial charge in [0, 0.05) is 31.7 Å². The van der Waals surface area contributed by atoms with E-state index in [4.69, 9.17) is 0 Å². The summed E-state index contributed by atoms with van der Waals surface area (Å²) in [4.78, 5) is 2.70. The van der Waals surface area contributed by atoms with Gasteiger partial charge in [0.05, 0.1) is 0 Å². The first-order chi connectivity index (χ1) is 6.57. The second-order valence-corrected chi connectivity index (χ2v) is 5.91. The summed E-state index contributed by atoms with van der Waals surface area (Å²) >= 11 is 0. The molecular weight excluding hydrogens is 172 g/mol. The maximum Gasteiger partial charge on any atom is 0.0167 e. The Morgan fingerprint density at radius 2 is 2.14 bits per heavy atom. The predicted molar refractivity (Wildman–Crippen MR) is 60.5 cm³/mol. The molecule has 0 aromatic rings. The van der Waals surface area contributed by atoms with Gasteiger partial charge in [0.1, 0.15) is 0 Å². The molecular formula is C12H24N2. The van der Waals surface area contributed by atoms with Crippen molar-refractivity contribution in [1.82, 2.24) is 10.2 Å². The lowest BCUT2D eigenvalue weighted by atomic mass is 9.91. The third-order valence-corrected chi connectivity index (χ3v) is 3.86. The van der Waals surface area contributed by atoms with Crippen LogP contribution in [0.2, 0.25) is 0 Å². The summed E-state index contributed by atoms with van der Waals surface area (Å²) in [5.74, 6) is 0. The van der Waals surface area contributed by atoms with Crippen LogP contribution >= 0.6 is 0 Å². The van der Waals surface area contributed by atoms with Crippen molar-refractivity contribution in [3.05, 3.63) is 0 Å². The predicted octanol–water partition coefficient (Wildman–Crippen LogP) is 1.86. The minimum atomic E-state index is 0.596. The van der Waals surface area contributed by atoms with Crippen LogP contribution in [0.5, 0.6) is 0 Å². The molecule has 1 aliphatic carbocycles. The Morgan fingerprint density at radius 1 is 1.36 bits per heavy atom. The highest BCUT2D eigenvalue weighted by molar-refractivity contribution is 4.90. The minimum Gasteiger partial charge on any atom is -0.312 e. The third kappa shape index (κ3) is 2.29. The molecule has 2 atom stereocenters. The Balaban J connectivity index is 1.89. The van der Waals surface area contributed by atoms with Crippen LogP contribution in [0.1, 0.15) is 40.0 Å². The lowest BCUT2D eigenvalue weighted by Gasteiger charge is -2.36. The van der Waals surface area contributed by atoms with Crippen LogP contribution in [0.25, 0.3) is 0 Å². The number of hydrogen-bond acceptors (Lipinski definition) is 2. The number of hydrogen-bond donors (Lipinski definition) is 1. The van der Waals surface area contributed by atoms with Gasteiger partial charge in [-0.3, -0.25) is 4.90 Å². The van der Waals surface area contributed by atoms with Crippen molar-refractivity contribution in [3.63, 3.8) is 0 Å². The van der Waals surface area contributed by atoms with Crippen molar-refractivity contribution >= 4 is 0 Å². The first-order valence-electron chi connectivity index (χ1n) is 6.04. The molecule has 1 saturated carbocycles. The first-order valence-corrected chi connectivity index (χ1v) is 6.04. The summed E-state index contributed by atoms with van der Waals surface area (Å²) in [5, 5.41) is 3.51. The van der Waals surface area contributed by atoms with Crippen molar-refractivity contribution in [1.29, 1.82) is 0 Å². The molecule has 2 rings (SSSR count). The molecule has 1 aliphatic heterocycles. The molecule has 0 radical (unpaired) electrons. The largest absolute Gasteiger partial charge is 0.312 e. The Bertz CT molecular complexity index is 200. The SMILES string of the molecule is C[C@H]1CN(C2CCC(C)(C)C2)CCN1. The first kappa shape index (κ1) is 10.4. The second kappa shape index (κ2) is 3.82. The smallest absolute Gasteiger partial charge is 0.0167 e. The zero-order valence-electron chi connectivity index (χ0n) is 9.84. The van der Waals surface area contributed by atoms with Crippen LogP contribution in [0, 0.1) is 5.41 Å². The number of rotatable bonds is 1. The number of piperazine rings is 1. The van der Waals surface area contributed by atoms with Gasteiger partial charge in [-0.25, -0.2) is 0 Å². The van der Waals surface area contributed by atoms with Crippen molar-refractivity contribution in [2.24, 2.45) is 5.41 Å². The molecule has 14 heavy (non-hydrogen) atoms. The summed E-state index contributed by atoms with van der Waals surface area (Å²) in [6.07, 6.45) is 4.23. The standard InChI is InChI=1S/C12H24N2/c1-10-9-14(7-6-13-10)11-4-5-12(2,3)8-11/h10-11,13H,4-9H2,1-3H3/t10-,11?/m0/s1. The maximum absolute atomic E-state index is 3.51. The summed E-state index contributed by atoms with van der Waals surface area (Å²) in [7, 11) is 0. The van der Waals surface area contributed by atoms with Crippen LogP contribution in [0.3, 0.4) is 0 Å². The Hall–Kier alpha value is -0.0800. The average Bonchev–Trinajstić information content (AvgIpc) is 2.46. The second-order valence-electron chi connectivity index (χ2n) is 5.91. The fraction of sp³-hybridized carbons (Fsp3) is 1.00. The van der Waals surface area contributed by atoms with Crippen molar-refractivity contribution in [2.75, 3.05) is 19.6 Å². The van der Waals surface area contributed by atoms with E-state index < -0.39 is 0 Å². The van der Waals surface area contributed by atoms with Gasteiger partial charge in [-0.15, -0.1) is 0 Å². The fourth-order valence-electron chi connectivity index (χ4n) is 3.00. The van der Waals surface area contributed by atoms with Gasteiger partial charge >= 0.3 is 0 Å². The summed E-state index contributed by atoms with van der Waals surface area (Å²) in [5.41, 5.74) is 0.596. The van der Waals surface area contributed by atoms with Crippen LogP contribution in [-0.2, 0) is 0 Å². The summed E-state index contributed by atoms with van der Waals surface area (Å²) in [6, 6.07) is 1.56. The van der Waals surface area contributed by atoms with Crippen molar-refractivity contribution < 1.29 is 0 Å². The molecule has 2 aliphatic rings. The zero-order chi connectivity index (χ0) is 10.2. The lowest BCUT2D eigenvalue weighted by Crippen LogP contribution is -2.52. The van der Waals surface area contributed by atoms with Crippen LogP contribution < -0.4 is 5.32 Å². The molecule has 0 spiro atoms. The molecule has 0 bridgehead atoms. The highest BCUT2D eigenvalue weighted by Gasteiger charge is 2.35. The van der Waals surface area contributed by atoms with Gasteiger partial charge < -0.3 is 5.32 Å². The molecule has 1 heterocycles. The molecule has 82 valence electrons. The summed E-state index contributed by atoms with van der Waals surface area (Å²) < 4.78 is 0.